The smallest absolute Gasteiger partial charge is 0.300 e. The largest absolute Gasteiger partial charge is 0.311 e. The number of hydrogen-bond donors (Lipinski definition) is 3. The van der Waals surface area contributed by atoms with E-state index in [2.05, 4.69) is 9.44 Å². The number of fused-ring (bicyclic) bond motifs is 1. The molecule has 0 bridgehead atoms. The minimum atomic E-state index is -3.65. The van der Waals surface area contributed by atoms with Gasteiger partial charge in [0.05, 0.1) is 5.69 Å². The molecule has 7 heteroatoms. The van der Waals surface area contributed by atoms with Gasteiger partial charge in [-0.25, -0.2) is 4.39 Å². The molecule has 1 aromatic rings. The first-order valence-electron chi connectivity index (χ1n) is 3.84. The van der Waals surface area contributed by atoms with Crippen molar-refractivity contribution in [1.29, 1.82) is 0 Å². The molecule has 0 aliphatic carbocycles. The molecule has 1 aliphatic heterocycles. The molecule has 1 unspecified atom stereocenters. The molecule has 2 rings (SSSR count). The highest BCUT2D eigenvalue weighted by Crippen LogP contribution is 2.27. The van der Waals surface area contributed by atoms with Crippen molar-refractivity contribution in [3.05, 3.63) is 29.6 Å². The molecular formula is C7H8FN3O2S. The van der Waals surface area contributed by atoms with Gasteiger partial charge in [-0.15, -0.1) is 0 Å². The van der Waals surface area contributed by atoms with Crippen molar-refractivity contribution in [2.75, 3.05) is 4.72 Å². The number of hydrogen-bond acceptors (Lipinski definition) is 3. The van der Waals surface area contributed by atoms with Crippen LogP contribution in [0.15, 0.2) is 18.2 Å². The van der Waals surface area contributed by atoms with Crippen LogP contribution in [0.1, 0.15) is 11.7 Å². The second-order valence-electron chi connectivity index (χ2n) is 2.90. The van der Waals surface area contributed by atoms with Crippen LogP contribution < -0.4 is 15.2 Å². The number of benzene rings is 1. The van der Waals surface area contributed by atoms with E-state index < -0.39 is 22.2 Å². The average molecular weight is 217 g/mol. The lowest BCUT2D eigenvalue weighted by Crippen LogP contribution is -2.42. The zero-order valence-corrected chi connectivity index (χ0v) is 7.81. The maximum absolute atomic E-state index is 13.2. The molecule has 0 spiro atoms. The van der Waals surface area contributed by atoms with Gasteiger partial charge in [0.1, 0.15) is 12.0 Å². The summed E-state index contributed by atoms with van der Waals surface area (Å²) in [7, 11) is -3.65. The molecule has 4 N–H and O–H groups in total. The van der Waals surface area contributed by atoms with Crippen molar-refractivity contribution in [2.24, 2.45) is 5.73 Å². The van der Waals surface area contributed by atoms with Crippen LogP contribution in [-0.4, -0.2) is 8.42 Å². The highest BCUT2D eigenvalue weighted by atomic mass is 32.2. The summed E-state index contributed by atoms with van der Waals surface area (Å²) >= 11 is 0. The van der Waals surface area contributed by atoms with Gasteiger partial charge in [0, 0.05) is 5.56 Å². The molecule has 1 atom stereocenters. The second-order valence-corrected chi connectivity index (χ2v) is 4.35. The summed E-state index contributed by atoms with van der Waals surface area (Å²) in [4.78, 5) is 0. The first kappa shape index (κ1) is 9.38. The fourth-order valence-electron chi connectivity index (χ4n) is 1.34. The monoisotopic (exact) mass is 217 g/mol. The van der Waals surface area contributed by atoms with Crippen LogP contribution in [0.3, 0.4) is 0 Å². The van der Waals surface area contributed by atoms with Gasteiger partial charge < -0.3 is 5.73 Å². The van der Waals surface area contributed by atoms with E-state index in [1.54, 1.807) is 0 Å². The van der Waals surface area contributed by atoms with E-state index in [1.165, 1.54) is 18.2 Å². The molecule has 5 nitrogen and oxygen atoms in total. The lowest BCUT2D eigenvalue weighted by molar-refractivity contribution is 0.540. The highest BCUT2D eigenvalue weighted by Gasteiger charge is 2.27. The fraction of sp³-hybridized carbons (Fsp3) is 0.143. The lowest BCUT2D eigenvalue weighted by atomic mass is 10.1. The summed E-state index contributed by atoms with van der Waals surface area (Å²) in [6.07, 6.45) is -1.04. The molecule has 76 valence electrons. The Labute approximate surface area is 80.3 Å². The SMILES string of the molecule is NC1NS(=O)(=O)Nc2cccc(F)c21. The highest BCUT2D eigenvalue weighted by molar-refractivity contribution is 7.90. The first-order chi connectivity index (χ1) is 6.49. The summed E-state index contributed by atoms with van der Waals surface area (Å²) in [5.74, 6) is -0.537. The van der Waals surface area contributed by atoms with E-state index >= 15 is 0 Å². The minimum Gasteiger partial charge on any atom is -0.311 e. The van der Waals surface area contributed by atoms with Crippen molar-refractivity contribution in [3.8, 4) is 0 Å². The van der Waals surface area contributed by atoms with E-state index in [4.69, 9.17) is 5.73 Å². The van der Waals surface area contributed by atoms with Crippen molar-refractivity contribution in [3.63, 3.8) is 0 Å². The van der Waals surface area contributed by atoms with Gasteiger partial charge in [-0.3, -0.25) is 4.72 Å². The number of nitrogens with one attached hydrogen (secondary N) is 2. The summed E-state index contributed by atoms with van der Waals surface area (Å²) in [6.45, 7) is 0. The Balaban J connectivity index is 2.61. The van der Waals surface area contributed by atoms with Crippen LogP contribution in [0.2, 0.25) is 0 Å². The second kappa shape index (κ2) is 2.91. The van der Waals surface area contributed by atoms with Gasteiger partial charge in [-0.2, -0.15) is 13.1 Å². The van der Waals surface area contributed by atoms with E-state index in [0.717, 1.165) is 0 Å². The molecule has 0 radical (unpaired) electrons. The maximum Gasteiger partial charge on any atom is 0.300 e. The normalized spacial score (nSPS) is 23.7. The van der Waals surface area contributed by atoms with E-state index in [0.29, 0.717) is 0 Å². The van der Waals surface area contributed by atoms with E-state index in [1.807, 2.05) is 0 Å². The molecule has 1 aromatic carbocycles. The molecule has 1 heterocycles. The molecule has 0 saturated carbocycles. The van der Waals surface area contributed by atoms with Crippen LogP contribution in [-0.2, 0) is 10.2 Å². The van der Waals surface area contributed by atoms with Crippen LogP contribution in [0.5, 0.6) is 0 Å². The van der Waals surface area contributed by atoms with Gasteiger partial charge in [0.15, 0.2) is 0 Å². The van der Waals surface area contributed by atoms with E-state index in [9.17, 15) is 12.8 Å². The standard InChI is InChI=1S/C7H8FN3O2S/c8-4-2-1-3-5-6(4)7(9)11-14(12,13)10-5/h1-3,7,10-11H,9H2. The molecule has 1 aliphatic rings. The predicted molar refractivity (Wildman–Crippen MR) is 49.0 cm³/mol. The Bertz CT molecular complexity index is 474. The molecule has 14 heavy (non-hydrogen) atoms. The summed E-state index contributed by atoms with van der Waals surface area (Å²) < 4.78 is 39.6. The van der Waals surface area contributed by atoms with Crippen molar-refractivity contribution in [1.82, 2.24) is 4.72 Å². The third-order valence-corrected chi connectivity index (χ3v) is 2.94. The maximum atomic E-state index is 13.2. The van der Waals surface area contributed by atoms with Gasteiger partial charge in [-0.05, 0) is 12.1 Å². The molecule has 0 amide bonds. The van der Waals surface area contributed by atoms with Gasteiger partial charge in [0.2, 0.25) is 0 Å². The third kappa shape index (κ3) is 1.45. The van der Waals surface area contributed by atoms with Crippen molar-refractivity contribution in [2.45, 2.75) is 6.17 Å². The zero-order chi connectivity index (χ0) is 10.3. The quantitative estimate of drug-likeness (QED) is 0.573. The Morgan fingerprint density at radius 2 is 2.14 bits per heavy atom. The van der Waals surface area contributed by atoms with Gasteiger partial charge in [0.25, 0.3) is 0 Å². The summed E-state index contributed by atoms with van der Waals surface area (Å²) in [5, 5.41) is 0. The van der Waals surface area contributed by atoms with Crippen molar-refractivity contribution >= 4 is 15.9 Å². The van der Waals surface area contributed by atoms with Crippen LogP contribution in [0.25, 0.3) is 0 Å². The predicted octanol–water partition coefficient (Wildman–Crippen LogP) is 0.0429. The number of nitrogens with two attached hydrogens (primary N) is 1. The molecular weight excluding hydrogens is 209 g/mol. The summed E-state index contributed by atoms with van der Waals surface area (Å²) in [6, 6.07) is 4.09. The van der Waals surface area contributed by atoms with Crippen LogP contribution >= 0.6 is 0 Å². The summed E-state index contributed by atoms with van der Waals surface area (Å²) in [5.41, 5.74) is 5.76. The van der Waals surface area contributed by atoms with Crippen LogP contribution in [0.4, 0.5) is 10.1 Å². The average Bonchev–Trinajstić information content (AvgIpc) is 2.00. The molecule has 0 fully saturated rings. The van der Waals surface area contributed by atoms with Crippen LogP contribution in [0, 0.1) is 5.82 Å². The Hall–Kier alpha value is -1.18. The van der Waals surface area contributed by atoms with Crippen molar-refractivity contribution < 1.29 is 12.8 Å². The number of rotatable bonds is 0. The minimum absolute atomic E-state index is 0.127. The van der Waals surface area contributed by atoms with E-state index in [-0.39, 0.29) is 11.3 Å². The van der Waals surface area contributed by atoms with Gasteiger partial charge >= 0.3 is 10.2 Å². The number of halogens is 1. The Morgan fingerprint density at radius 1 is 1.43 bits per heavy atom. The zero-order valence-electron chi connectivity index (χ0n) is 6.99. The molecule has 0 saturated heterocycles. The van der Waals surface area contributed by atoms with Gasteiger partial charge in [-0.1, -0.05) is 6.07 Å². The molecule has 0 aromatic heterocycles. The number of anilines is 1. The Kier molecular flexibility index (Phi) is 1.95. The fourth-order valence-corrected chi connectivity index (χ4v) is 2.32. The first-order valence-corrected chi connectivity index (χ1v) is 5.32. The topological polar surface area (TPSA) is 84.2 Å². The third-order valence-electron chi connectivity index (χ3n) is 1.89. The lowest BCUT2D eigenvalue weighted by Gasteiger charge is -2.24. The Morgan fingerprint density at radius 3 is 2.86 bits per heavy atom.